The van der Waals surface area contributed by atoms with Crippen molar-refractivity contribution in [2.24, 2.45) is 0 Å². The molecule has 0 radical (unpaired) electrons. The van der Waals surface area contributed by atoms with E-state index in [1.165, 1.54) is 5.56 Å². The Morgan fingerprint density at radius 1 is 1.09 bits per heavy atom. The molecule has 1 saturated heterocycles. The Kier molecular flexibility index (Phi) is 9.40. The standard InChI is InChI=1S/C17H28N2O.2ClH/c1-14(19-11-9-18-10-12-19)13-20-16-7-5-15(6-8-16)17(2,3)4;;/h5-8,14,18H,9-13H2,1-4H3;2*1H. The van der Waals surface area contributed by atoms with E-state index < -0.39 is 0 Å². The van der Waals surface area contributed by atoms with E-state index in [9.17, 15) is 0 Å². The van der Waals surface area contributed by atoms with Crippen LogP contribution < -0.4 is 10.1 Å². The Morgan fingerprint density at radius 3 is 2.14 bits per heavy atom. The largest absolute Gasteiger partial charge is 0.492 e. The van der Waals surface area contributed by atoms with E-state index in [2.05, 4.69) is 62.2 Å². The lowest BCUT2D eigenvalue weighted by molar-refractivity contribution is 0.132. The molecular weight excluding hydrogens is 319 g/mol. The molecular formula is C17H30Cl2N2O. The molecule has 1 atom stereocenters. The van der Waals surface area contributed by atoms with Gasteiger partial charge >= 0.3 is 0 Å². The molecule has 0 amide bonds. The summed E-state index contributed by atoms with van der Waals surface area (Å²) >= 11 is 0. The van der Waals surface area contributed by atoms with Crippen molar-refractivity contribution < 1.29 is 4.74 Å². The molecule has 0 spiro atoms. The number of halogens is 2. The number of nitrogens with one attached hydrogen (secondary N) is 1. The molecule has 0 saturated carbocycles. The van der Waals surface area contributed by atoms with Crippen LogP contribution in [0.15, 0.2) is 24.3 Å². The molecule has 0 aliphatic carbocycles. The molecule has 1 aromatic carbocycles. The first-order valence-electron chi connectivity index (χ1n) is 7.65. The first-order valence-corrected chi connectivity index (χ1v) is 7.65. The van der Waals surface area contributed by atoms with Crippen LogP contribution in [0.1, 0.15) is 33.3 Å². The fourth-order valence-electron chi connectivity index (χ4n) is 2.50. The highest BCUT2D eigenvalue weighted by atomic mass is 35.5. The molecule has 128 valence electrons. The average Bonchev–Trinajstić information content (AvgIpc) is 2.45. The number of hydrogen-bond donors (Lipinski definition) is 1. The smallest absolute Gasteiger partial charge is 0.119 e. The van der Waals surface area contributed by atoms with Crippen molar-refractivity contribution in [2.75, 3.05) is 32.8 Å². The summed E-state index contributed by atoms with van der Waals surface area (Å²) in [6.07, 6.45) is 0. The summed E-state index contributed by atoms with van der Waals surface area (Å²) in [7, 11) is 0. The normalized spacial score (nSPS) is 17.1. The molecule has 22 heavy (non-hydrogen) atoms. The van der Waals surface area contributed by atoms with Gasteiger partial charge in [0.2, 0.25) is 0 Å². The second kappa shape index (κ2) is 9.61. The first kappa shape index (κ1) is 21.5. The Morgan fingerprint density at radius 2 is 1.64 bits per heavy atom. The zero-order chi connectivity index (χ0) is 14.6. The van der Waals surface area contributed by atoms with Crippen molar-refractivity contribution in [3.05, 3.63) is 29.8 Å². The summed E-state index contributed by atoms with van der Waals surface area (Å²) in [5.41, 5.74) is 1.55. The highest BCUT2D eigenvalue weighted by Crippen LogP contribution is 2.24. The van der Waals surface area contributed by atoms with Crippen LogP contribution >= 0.6 is 24.8 Å². The summed E-state index contributed by atoms with van der Waals surface area (Å²) in [5, 5.41) is 3.38. The van der Waals surface area contributed by atoms with Gasteiger partial charge in [-0.05, 0) is 30.0 Å². The van der Waals surface area contributed by atoms with E-state index in [1.807, 2.05) is 0 Å². The number of ether oxygens (including phenoxy) is 1. The maximum absolute atomic E-state index is 5.93. The van der Waals surface area contributed by atoms with Gasteiger partial charge in [0, 0.05) is 32.2 Å². The molecule has 1 aliphatic heterocycles. The quantitative estimate of drug-likeness (QED) is 0.900. The third kappa shape index (κ3) is 6.33. The summed E-state index contributed by atoms with van der Waals surface area (Å²) < 4.78 is 5.93. The van der Waals surface area contributed by atoms with Crippen LogP contribution in [0.5, 0.6) is 5.75 Å². The molecule has 5 heteroatoms. The number of benzene rings is 1. The van der Waals surface area contributed by atoms with Crippen LogP contribution in [0.4, 0.5) is 0 Å². The summed E-state index contributed by atoms with van der Waals surface area (Å²) in [6, 6.07) is 8.99. The number of piperazine rings is 1. The van der Waals surface area contributed by atoms with Crippen molar-refractivity contribution in [3.8, 4) is 5.75 Å². The van der Waals surface area contributed by atoms with Crippen molar-refractivity contribution in [1.29, 1.82) is 0 Å². The Hall–Kier alpha value is -0.480. The van der Waals surface area contributed by atoms with Gasteiger partial charge in [0.15, 0.2) is 0 Å². The minimum absolute atomic E-state index is 0. The van der Waals surface area contributed by atoms with Gasteiger partial charge in [-0.1, -0.05) is 32.9 Å². The van der Waals surface area contributed by atoms with Gasteiger partial charge in [-0.25, -0.2) is 0 Å². The van der Waals surface area contributed by atoms with E-state index >= 15 is 0 Å². The lowest BCUT2D eigenvalue weighted by Gasteiger charge is -2.32. The molecule has 1 fully saturated rings. The zero-order valence-corrected chi connectivity index (χ0v) is 15.7. The molecule has 1 heterocycles. The fraction of sp³-hybridized carbons (Fsp3) is 0.647. The number of nitrogens with zero attached hydrogens (tertiary/aromatic N) is 1. The SMILES string of the molecule is CC(COc1ccc(C(C)(C)C)cc1)N1CCNCC1.Cl.Cl. The van der Waals surface area contributed by atoms with Crippen molar-refractivity contribution in [3.63, 3.8) is 0 Å². The summed E-state index contributed by atoms with van der Waals surface area (Å²) in [5.74, 6) is 0.972. The molecule has 3 nitrogen and oxygen atoms in total. The Bertz CT molecular complexity index is 412. The molecule has 1 N–H and O–H groups in total. The highest BCUT2D eigenvalue weighted by molar-refractivity contribution is 5.85. The van der Waals surface area contributed by atoms with Crippen LogP contribution in [0.2, 0.25) is 0 Å². The van der Waals surface area contributed by atoms with Crippen LogP contribution in [-0.2, 0) is 5.41 Å². The maximum atomic E-state index is 5.93. The van der Waals surface area contributed by atoms with E-state index in [0.717, 1.165) is 38.5 Å². The Labute approximate surface area is 147 Å². The fourth-order valence-corrected chi connectivity index (χ4v) is 2.50. The highest BCUT2D eigenvalue weighted by Gasteiger charge is 2.17. The second-order valence-electron chi connectivity index (χ2n) is 6.72. The van der Waals surface area contributed by atoms with Gasteiger partial charge in [0.25, 0.3) is 0 Å². The van der Waals surface area contributed by atoms with Crippen LogP contribution in [-0.4, -0.2) is 43.7 Å². The third-order valence-corrected chi connectivity index (χ3v) is 3.99. The molecule has 0 aromatic heterocycles. The zero-order valence-electron chi connectivity index (χ0n) is 14.1. The van der Waals surface area contributed by atoms with E-state index in [1.54, 1.807) is 0 Å². The monoisotopic (exact) mass is 348 g/mol. The second-order valence-corrected chi connectivity index (χ2v) is 6.72. The third-order valence-electron chi connectivity index (χ3n) is 3.99. The lowest BCUT2D eigenvalue weighted by atomic mass is 9.87. The predicted octanol–water partition coefficient (Wildman–Crippen LogP) is 3.50. The number of rotatable bonds is 4. The average molecular weight is 349 g/mol. The molecule has 2 rings (SSSR count). The van der Waals surface area contributed by atoms with Gasteiger partial charge < -0.3 is 10.1 Å². The van der Waals surface area contributed by atoms with Gasteiger partial charge in [0.1, 0.15) is 12.4 Å². The Balaban J connectivity index is 0.00000220. The topological polar surface area (TPSA) is 24.5 Å². The lowest BCUT2D eigenvalue weighted by Crippen LogP contribution is -2.49. The summed E-state index contributed by atoms with van der Waals surface area (Å²) in [6.45, 7) is 14.1. The predicted molar refractivity (Wildman–Crippen MR) is 99.0 cm³/mol. The van der Waals surface area contributed by atoms with Gasteiger partial charge in [-0.15, -0.1) is 24.8 Å². The molecule has 1 aliphatic rings. The number of hydrogen-bond acceptors (Lipinski definition) is 3. The maximum Gasteiger partial charge on any atom is 0.119 e. The van der Waals surface area contributed by atoms with Crippen LogP contribution in [0.3, 0.4) is 0 Å². The van der Waals surface area contributed by atoms with Gasteiger partial charge in [-0.2, -0.15) is 0 Å². The first-order chi connectivity index (χ1) is 9.47. The minimum Gasteiger partial charge on any atom is -0.492 e. The summed E-state index contributed by atoms with van der Waals surface area (Å²) in [4.78, 5) is 2.49. The molecule has 0 bridgehead atoms. The van der Waals surface area contributed by atoms with Crippen molar-refractivity contribution in [2.45, 2.75) is 39.2 Å². The molecule has 1 unspecified atom stereocenters. The van der Waals surface area contributed by atoms with Crippen LogP contribution in [0, 0.1) is 0 Å². The van der Waals surface area contributed by atoms with E-state index in [4.69, 9.17) is 4.74 Å². The minimum atomic E-state index is 0. The van der Waals surface area contributed by atoms with Gasteiger partial charge in [-0.3, -0.25) is 4.90 Å². The molecule has 1 aromatic rings. The van der Waals surface area contributed by atoms with Gasteiger partial charge in [0.05, 0.1) is 0 Å². The van der Waals surface area contributed by atoms with E-state index in [-0.39, 0.29) is 30.2 Å². The van der Waals surface area contributed by atoms with Crippen molar-refractivity contribution in [1.82, 2.24) is 10.2 Å². The van der Waals surface area contributed by atoms with Crippen LogP contribution in [0.25, 0.3) is 0 Å². The van der Waals surface area contributed by atoms with Crippen molar-refractivity contribution >= 4 is 24.8 Å². The van der Waals surface area contributed by atoms with E-state index in [0.29, 0.717) is 6.04 Å².